The van der Waals surface area contributed by atoms with Gasteiger partial charge in [0.2, 0.25) is 5.88 Å². The molecular weight excluding hydrogens is 226 g/mol. The molecule has 3 amide bonds. The maximum atomic E-state index is 11.3. The standard InChI is InChI=1S/C10H15N3O4/c1-2-16-10(15)12-6-5-11-9(14)13-8-4-3-7-17-8/h3-4,7H,2,5-6H2,1H3,(H,12,15)(H2,11,13,14). The lowest BCUT2D eigenvalue weighted by Gasteiger charge is -2.06. The summed E-state index contributed by atoms with van der Waals surface area (Å²) >= 11 is 0. The minimum absolute atomic E-state index is 0.296. The summed E-state index contributed by atoms with van der Waals surface area (Å²) in [5.74, 6) is 0.362. The van der Waals surface area contributed by atoms with Crippen LogP contribution < -0.4 is 16.0 Å². The average Bonchev–Trinajstić information content (AvgIpc) is 2.77. The van der Waals surface area contributed by atoms with E-state index >= 15 is 0 Å². The van der Waals surface area contributed by atoms with Crippen LogP contribution >= 0.6 is 0 Å². The zero-order chi connectivity index (χ0) is 12.5. The lowest BCUT2D eigenvalue weighted by Crippen LogP contribution is -2.36. The Morgan fingerprint density at radius 1 is 1.35 bits per heavy atom. The van der Waals surface area contributed by atoms with Crippen molar-refractivity contribution in [3.05, 3.63) is 18.4 Å². The molecule has 0 atom stereocenters. The van der Waals surface area contributed by atoms with Crippen molar-refractivity contribution in [1.82, 2.24) is 10.6 Å². The number of carbonyl (C=O) groups excluding carboxylic acids is 2. The topological polar surface area (TPSA) is 92.6 Å². The normalized spacial score (nSPS) is 9.47. The molecule has 1 heterocycles. The van der Waals surface area contributed by atoms with E-state index in [-0.39, 0.29) is 0 Å². The molecule has 1 aromatic rings. The van der Waals surface area contributed by atoms with E-state index in [0.717, 1.165) is 0 Å². The van der Waals surface area contributed by atoms with Gasteiger partial charge in [0.1, 0.15) is 0 Å². The van der Waals surface area contributed by atoms with E-state index < -0.39 is 12.1 Å². The highest BCUT2D eigenvalue weighted by atomic mass is 16.5. The second-order valence-electron chi connectivity index (χ2n) is 3.01. The van der Waals surface area contributed by atoms with Crippen molar-refractivity contribution >= 4 is 18.0 Å². The smallest absolute Gasteiger partial charge is 0.407 e. The number of hydrogen-bond donors (Lipinski definition) is 3. The van der Waals surface area contributed by atoms with E-state index in [1.54, 1.807) is 19.1 Å². The van der Waals surface area contributed by atoms with Gasteiger partial charge in [-0.05, 0) is 13.0 Å². The van der Waals surface area contributed by atoms with Gasteiger partial charge in [-0.25, -0.2) is 9.59 Å². The van der Waals surface area contributed by atoms with Gasteiger partial charge in [0.15, 0.2) is 0 Å². The molecule has 0 fully saturated rings. The Hall–Kier alpha value is -2.18. The molecule has 0 aliphatic carbocycles. The zero-order valence-electron chi connectivity index (χ0n) is 9.49. The Balaban J connectivity index is 2.06. The number of amides is 3. The van der Waals surface area contributed by atoms with Crippen molar-refractivity contribution in [2.75, 3.05) is 25.0 Å². The Morgan fingerprint density at radius 3 is 2.76 bits per heavy atom. The molecule has 0 spiro atoms. The Bertz CT molecular complexity index is 350. The van der Waals surface area contributed by atoms with Gasteiger partial charge in [-0.3, -0.25) is 5.32 Å². The van der Waals surface area contributed by atoms with Crippen LogP contribution in [0.4, 0.5) is 15.5 Å². The summed E-state index contributed by atoms with van der Waals surface area (Å²) < 4.78 is 9.56. The predicted molar refractivity (Wildman–Crippen MR) is 60.8 cm³/mol. The predicted octanol–water partition coefficient (Wildman–Crippen LogP) is 1.15. The lowest BCUT2D eigenvalue weighted by molar-refractivity contribution is 0.152. The summed E-state index contributed by atoms with van der Waals surface area (Å²) in [7, 11) is 0. The van der Waals surface area contributed by atoms with E-state index in [1.807, 2.05) is 0 Å². The van der Waals surface area contributed by atoms with Crippen molar-refractivity contribution in [3.63, 3.8) is 0 Å². The Morgan fingerprint density at radius 2 is 2.12 bits per heavy atom. The number of anilines is 1. The van der Waals surface area contributed by atoms with Gasteiger partial charge in [0.05, 0.1) is 12.9 Å². The first-order valence-corrected chi connectivity index (χ1v) is 5.21. The van der Waals surface area contributed by atoms with Gasteiger partial charge in [0, 0.05) is 19.2 Å². The van der Waals surface area contributed by atoms with Crippen LogP contribution in [0.3, 0.4) is 0 Å². The number of carbonyl (C=O) groups is 2. The molecule has 3 N–H and O–H groups in total. The van der Waals surface area contributed by atoms with Crippen LogP contribution in [0.2, 0.25) is 0 Å². The number of hydrogen-bond acceptors (Lipinski definition) is 4. The molecule has 94 valence electrons. The molecular formula is C10H15N3O4. The van der Waals surface area contributed by atoms with Gasteiger partial charge >= 0.3 is 12.1 Å². The molecule has 0 bridgehead atoms. The zero-order valence-corrected chi connectivity index (χ0v) is 9.49. The molecule has 0 unspecified atom stereocenters. The summed E-state index contributed by atoms with van der Waals surface area (Å²) in [5.41, 5.74) is 0. The van der Waals surface area contributed by atoms with Crippen LogP contribution in [0, 0.1) is 0 Å². The van der Waals surface area contributed by atoms with Gasteiger partial charge in [-0.15, -0.1) is 0 Å². The number of urea groups is 1. The SMILES string of the molecule is CCOC(=O)NCCNC(=O)Nc1ccco1. The first-order chi connectivity index (χ1) is 8.22. The van der Waals surface area contributed by atoms with Gasteiger partial charge < -0.3 is 19.8 Å². The summed E-state index contributed by atoms with van der Waals surface area (Å²) in [4.78, 5) is 22.1. The summed E-state index contributed by atoms with van der Waals surface area (Å²) in [6.07, 6.45) is 0.957. The van der Waals surface area contributed by atoms with Crippen LogP contribution in [0.5, 0.6) is 0 Å². The van der Waals surface area contributed by atoms with E-state index in [9.17, 15) is 9.59 Å². The highest BCUT2D eigenvalue weighted by Gasteiger charge is 2.03. The van der Waals surface area contributed by atoms with Crippen LogP contribution in [-0.2, 0) is 4.74 Å². The molecule has 1 aromatic heterocycles. The highest BCUT2D eigenvalue weighted by Crippen LogP contribution is 2.05. The molecule has 0 radical (unpaired) electrons. The summed E-state index contributed by atoms with van der Waals surface area (Å²) in [6, 6.07) is 2.89. The van der Waals surface area contributed by atoms with Crippen LogP contribution in [-0.4, -0.2) is 31.8 Å². The minimum atomic E-state index is -0.499. The van der Waals surface area contributed by atoms with Crippen LogP contribution in [0.15, 0.2) is 22.8 Å². The summed E-state index contributed by atoms with van der Waals surface area (Å²) in [5, 5.41) is 7.48. The lowest BCUT2D eigenvalue weighted by atomic mass is 10.6. The largest absolute Gasteiger partial charge is 0.450 e. The molecule has 0 saturated carbocycles. The van der Waals surface area contributed by atoms with Crippen molar-refractivity contribution in [2.24, 2.45) is 0 Å². The number of furan rings is 1. The van der Waals surface area contributed by atoms with Gasteiger partial charge in [-0.1, -0.05) is 0 Å². The average molecular weight is 241 g/mol. The fourth-order valence-corrected chi connectivity index (χ4v) is 1.03. The number of ether oxygens (including phenoxy) is 1. The van der Waals surface area contributed by atoms with E-state index in [2.05, 4.69) is 20.7 Å². The van der Waals surface area contributed by atoms with E-state index in [1.165, 1.54) is 6.26 Å². The third-order valence-corrected chi connectivity index (χ3v) is 1.71. The van der Waals surface area contributed by atoms with E-state index in [4.69, 9.17) is 4.42 Å². The molecule has 0 aliphatic heterocycles. The Labute approximate surface area is 98.5 Å². The maximum Gasteiger partial charge on any atom is 0.407 e. The molecule has 0 aliphatic rings. The second-order valence-corrected chi connectivity index (χ2v) is 3.01. The maximum absolute atomic E-state index is 11.3. The molecule has 0 aromatic carbocycles. The first kappa shape index (κ1) is 12.9. The van der Waals surface area contributed by atoms with Crippen LogP contribution in [0.25, 0.3) is 0 Å². The Kier molecular flexibility index (Phi) is 5.42. The number of rotatable bonds is 5. The molecule has 1 rings (SSSR count). The van der Waals surface area contributed by atoms with E-state index in [0.29, 0.717) is 25.6 Å². The second kappa shape index (κ2) is 7.15. The number of nitrogens with one attached hydrogen (secondary N) is 3. The molecule has 17 heavy (non-hydrogen) atoms. The molecule has 7 heteroatoms. The summed E-state index contributed by atoms with van der Waals surface area (Å²) in [6.45, 7) is 2.63. The van der Waals surface area contributed by atoms with Crippen molar-refractivity contribution in [2.45, 2.75) is 6.92 Å². The fourth-order valence-electron chi connectivity index (χ4n) is 1.03. The van der Waals surface area contributed by atoms with Crippen molar-refractivity contribution in [1.29, 1.82) is 0 Å². The highest BCUT2D eigenvalue weighted by molar-refractivity contribution is 5.87. The van der Waals surface area contributed by atoms with Gasteiger partial charge in [-0.2, -0.15) is 0 Å². The quantitative estimate of drug-likeness (QED) is 0.674. The minimum Gasteiger partial charge on any atom is -0.450 e. The third kappa shape index (κ3) is 5.45. The molecule has 0 saturated heterocycles. The van der Waals surface area contributed by atoms with Crippen LogP contribution in [0.1, 0.15) is 6.92 Å². The molecule has 7 nitrogen and oxygen atoms in total. The van der Waals surface area contributed by atoms with Crippen molar-refractivity contribution < 1.29 is 18.7 Å². The first-order valence-electron chi connectivity index (χ1n) is 5.21. The van der Waals surface area contributed by atoms with Gasteiger partial charge in [0.25, 0.3) is 0 Å². The fraction of sp³-hybridized carbons (Fsp3) is 0.400. The number of alkyl carbamates (subject to hydrolysis) is 1. The third-order valence-electron chi connectivity index (χ3n) is 1.71. The van der Waals surface area contributed by atoms with Crippen molar-refractivity contribution in [3.8, 4) is 0 Å². The monoisotopic (exact) mass is 241 g/mol.